The molecule has 0 radical (unpaired) electrons. The standard InChI is InChI=1S/C54H35NO2/c1-4-12-36(13-5-1)39-20-22-42(23-21-39)45-32-33-47(54-52(45)53-50(57-54)35-34-49-51(53)46-18-10-11-19-48(46)56-49)55(43-28-24-40(25-29-43)37-14-6-2-7-15-37)44-30-26-41(27-31-44)38-16-8-3-9-17-38/h1-35H. The summed E-state index contributed by atoms with van der Waals surface area (Å²) in [4.78, 5) is 2.32. The summed E-state index contributed by atoms with van der Waals surface area (Å²) in [6.07, 6.45) is 0. The van der Waals surface area contributed by atoms with Crippen molar-refractivity contribution in [1.82, 2.24) is 0 Å². The third kappa shape index (κ3) is 5.68. The topological polar surface area (TPSA) is 29.5 Å². The van der Waals surface area contributed by atoms with E-state index in [-0.39, 0.29) is 0 Å². The fourth-order valence-electron chi connectivity index (χ4n) is 8.35. The second kappa shape index (κ2) is 13.6. The molecule has 0 aliphatic rings. The van der Waals surface area contributed by atoms with E-state index in [4.69, 9.17) is 8.83 Å². The number of nitrogens with zero attached hydrogens (tertiary/aromatic N) is 1. The Morgan fingerprint density at radius 1 is 0.281 bits per heavy atom. The lowest BCUT2D eigenvalue weighted by Gasteiger charge is -2.26. The minimum atomic E-state index is 0.812. The molecule has 0 amide bonds. The Hall–Kier alpha value is -7.62. The van der Waals surface area contributed by atoms with Gasteiger partial charge < -0.3 is 13.7 Å². The van der Waals surface area contributed by atoms with E-state index < -0.39 is 0 Å². The molecule has 3 heteroatoms. The average Bonchev–Trinajstić information content (AvgIpc) is 3.87. The molecule has 2 heterocycles. The zero-order valence-corrected chi connectivity index (χ0v) is 31.0. The lowest BCUT2D eigenvalue weighted by atomic mass is 9.94. The number of para-hydroxylation sites is 1. The first-order valence-electron chi connectivity index (χ1n) is 19.3. The fourth-order valence-corrected chi connectivity index (χ4v) is 8.35. The van der Waals surface area contributed by atoms with Gasteiger partial charge in [0.15, 0.2) is 5.58 Å². The van der Waals surface area contributed by atoms with E-state index in [2.05, 4.69) is 199 Å². The molecule has 0 saturated heterocycles. The van der Waals surface area contributed by atoms with Crippen LogP contribution in [0.3, 0.4) is 0 Å². The van der Waals surface area contributed by atoms with Gasteiger partial charge in [0.05, 0.1) is 5.69 Å². The van der Waals surface area contributed by atoms with Gasteiger partial charge in [-0.2, -0.15) is 0 Å². The van der Waals surface area contributed by atoms with Crippen LogP contribution in [-0.4, -0.2) is 0 Å². The Morgan fingerprint density at radius 3 is 1.26 bits per heavy atom. The van der Waals surface area contributed by atoms with Crippen LogP contribution < -0.4 is 4.90 Å². The predicted octanol–water partition coefficient (Wildman–Crippen LogP) is 15.6. The molecule has 3 nitrogen and oxygen atoms in total. The molecule has 57 heavy (non-hydrogen) atoms. The van der Waals surface area contributed by atoms with Crippen molar-refractivity contribution in [1.29, 1.82) is 0 Å². The van der Waals surface area contributed by atoms with E-state index in [0.29, 0.717) is 0 Å². The molecule has 9 aromatic carbocycles. The zero-order chi connectivity index (χ0) is 37.7. The van der Waals surface area contributed by atoms with Crippen LogP contribution >= 0.6 is 0 Å². The first-order chi connectivity index (χ1) is 28.3. The summed E-state index contributed by atoms with van der Waals surface area (Å²) >= 11 is 0. The fraction of sp³-hybridized carbons (Fsp3) is 0. The van der Waals surface area contributed by atoms with Gasteiger partial charge in [-0.05, 0) is 93.0 Å². The van der Waals surface area contributed by atoms with Crippen LogP contribution in [0.5, 0.6) is 0 Å². The van der Waals surface area contributed by atoms with Crippen LogP contribution in [0, 0.1) is 0 Å². The highest BCUT2D eigenvalue weighted by Gasteiger charge is 2.25. The lowest BCUT2D eigenvalue weighted by molar-refractivity contribution is 0.663. The largest absolute Gasteiger partial charge is 0.456 e. The van der Waals surface area contributed by atoms with Crippen molar-refractivity contribution >= 4 is 60.9 Å². The minimum Gasteiger partial charge on any atom is -0.456 e. The summed E-state index contributed by atoms with van der Waals surface area (Å²) in [5.41, 5.74) is 15.6. The third-order valence-electron chi connectivity index (χ3n) is 11.1. The normalized spacial score (nSPS) is 11.5. The second-order valence-electron chi connectivity index (χ2n) is 14.5. The smallest absolute Gasteiger partial charge is 0.160 e. The van der Waals surface area contributed by atoms with Crippen LogP contribution in [0.1, 0.15) is 0 Å². The summed E-state index contributed by atoms with van der Waals surface area (Å²) < 4.78 is 13.5. The molecular formula is C54H35NO2. The molecule has 0 bridgehead atoms. The van der Waals surface area contributed by atoms with Crippen LogP contribution in [0.2, 0.25) is 0 Å². The maximum Gasteiger partial charge on any atom is 0.160 e. The van der Waals surface area contributed by atoms with Crippen molar-refractivity contribution in [2.45, 2.75) is 0 Å². The monoisotopic (exact) mass is 729 g/mol. The Kier molecular flexibility index (Phi) is 7.82. The molecule has 0 saturated carbocycles. The van der Waals surface area contributed by atoms with Gasteiger partial charge in [-0.3, -0.25) is 0 Å². The lowest BCUT2D eigenvalue weighted by Crippen LogP contribution is -2.10. The summed E-state index contributed by atoms with van der Waals surface area (Å²) in [5.74, 6) is 0. The van der Waals surface area contributed by atoms with E-state index in [0.717, 1.165) is 83.2 Å². The molecule has 0 aliphatic carbocycles. The molecule has 0 atom stereocenters. The van der Waals surface area contributed by atoms with Crippen molar-refractivity contribution in [3.8, 4) is 44.5 Å². The quantitative estimate of drug-likeness (QED) is 0.164. The molecule has 0 aliphatic heterocycles. The summed E-state index contributed by atoms with van der Waals surface area (Å²) in [5, 5.41) is 4.24. The molecule has 0 N–H and O–H groups in total. The average molecular weight is 730 g/mol. The third-order valence-corrected chi connectivity index (χ3v) is 11.1. The number of hydrogen-bond acceptors (Lipinski definition) is 3. The van der Waals surface area contributed by atoms with E-state index in [1.54, 1.807) is 0 Å². The number of hydrogen-bond donors (Lipinski definition) is 0. The number of fused-ring (bicyclic) bond motifs is 7. The Bertz CT molecular complexity index is 3100. The number of furan rings is 2. The van der Waals surface area contributed by atoms with Gasteiger partial charge in [0, 0.05) is 32.9 Å². The molecular weight excluding hydrogens is 695 g/mol. The predicted molar refractivity (Wildman–Crippen MR) is 237 cm³/mol. The molecule has 2 aromatic heterocycles. The van der Waals surface area contributed by atoms with Crippen LogP contribution in [0.15, 0.2) is 221 Å². The Labute approximate surface area is 330 Å². The Balaban J connectivity index is 1.16. The zero-order valence-electron chi connectivity index (χ0n) is 31.0. The first kappa shape index (κ1) is 32.8. The molecule has 0 spiro atoms. The van der Waals surface area contributed by atoms with E-state index in [1.165, 1.54) is 22.3 Å². The molecule has 0 unspecified atom stereocenters. The van der Waals surface area contributed by atoms with Crippen LogP contribution in [0.4, 0.5) is 17.1 Å². The van der Waals surface area contributed by atoms with Gasteiger partial charge in [-0.25, -0.2) is 0 Å². The van der Waals surface area contributed by atoms with Gasteiger partial charge in [0.1, 0.15) is 16.7 Å². The number of benzene rings is 9. The van der Waals surface area contributed by atoms with Crippen molar-refractivity contribution in [2.24, 2.45) is 0 Å². The molecule has 0 fully saturated rings. The highest BCUT2D eigenvalue weighted by molar-refractivity contribution is 6.29. The SMILES string of the molecule is c1ccc(-c2ccc(-c3ccc(N(c4ccc(-c5ccccc5)cc4)c4ccc(-c5ccccc5)cc4)c4oc5ccc6oc7ccccc7c6c5c34)cc2)cc1. The number of anilines is 3. The summed E-state index contributed by atoms with van der Waals surface area (Å²) in [6, 6.07) is 75.0. The number of rotatable bonds is 7. The minimum absolute atomic E-state index is 0.812. The Morgan fingerprint density at radius 2 is 0.719 bits per heavy atom. The van der Waals surface area contributed by atoms with Gasteiger partial charge in [-0.15, -0.1) is 0 Å². The molecule has 268 valence electrons. The van der Waals surface area contributed by atoms with Gasteiger partial charge in [0.2, 0.25) is 0 Å². The van der Waals surface area contributed by atoms with E-state index >= 15 is 0 Å². The van der Waals surface area contributed by atoms with Crippen molar-refractivity contribution in [3.05, 3.63) is 212 Å². The van der Waals surface area contributed by atoms with Crippen molar-refractivity contribution in [3.63, 3.8) is 0 Å². The van der Waals surface area contributed by atoms with Gasteiger partial charge in [-0.1, -0.05) is 164 Å². The summed E-state index contributed by atoms with van der Waals surface area (Å²) in [6.45, 7) is 0. The summed E-state index contributed by atoms with van der Waals surface area (Å²) in [7, 11) is 0. The highest BCUT2D eigenvalue weighted by Crippen LogP contribution is 2.49. The van der Waals surface area contributed by atoms with Crippen molar-refractivity contribution < 1.29 is 8.83 Å². The maximum atomic E-state index is 7.09. The van der Waals surface area contributed by atoms with E-state index in [1.807, 2.05) is 18.2 Å². The molecule has 11 aromatic rings. The van der Waals surface area contributed by atoms with Gasteiger partial charge in [0.25, 0.3) is 0 Å². The maximum absolute atomic E-state index is 7.09. The van der Waals surface area contributed by atoms with Crippen LogP contribution in [-0.2, 0) is 0 Å². The van der Waals surface area contributed by atoms with Gasteiger partial charge >= 0.3 is 0 Å². The second-order valence-corrected chi connectivity index (χ2v) is 14.5. The molecule has 11 rings (SSSR count). The highest BCUT2D eigenvalue weighted by atomic mass is 16.3. The van der Waals surface area contributed by atoms with Crippen LogP contribution in [0.25, 0.3) is 88.4 Å². The van der Waals surface area contributed by atoms with Crippen molar-refractivity contribution in [2.75, 3.05) is 4.90 Å². The van der Waals surface area contributed by atoms with E-state index in [9.17, 15) is 0 Å². The first-order valence-corrected chi connectivity index (χ1v) is 19.3.